The summed E-state index contributed by atoms with van der Waals surface area (Å²) >= 11 is 0. The number of ketones is 2. The normalized spacial score (nSPS) is 27.2. The number of likely N-dealkylation sites (N-methyl/N-ethyl adjacent to an activating group) is 1. The number of primary amides is 1. The number of aromatic hydroxyl groups is 1. The van der Waals surface area contributed by atoms with E-state index in [-0.39, 0.29) is 29.7 Å². The van der Waals surface area contributed by atoms with Gasteiger partial charge in [-0.25, -0.2) is 0 Å². The van der Waals surface area contributed by atoms with E-state index in [0.717, 1.165) is 5.56 Å². The number of phenolic OH excluding ortho intramolecular Hbond substituents is 1. The van der Waals surface area contributed by atoms with E-state index >= 15 is 0 Å². The Morgan fingerprint density at radius 3 is 2.49 bits per heavy atom. The first-order valence-electron chi connectivity index (χ1n) is 11.8. The molecule has 3 aliphatic carbocycles. The minimum Gasteiger partial charge on any atom is -0.510 e. The molecule has 4 atom stereocenters. The molecule has 0 saturated heterocycles. The lowest BCUT2D eigenvalue weighted by atomic mass is 9.58. The summed E-state index contributed by atoms with van der Waals surface area (Å²) in [6.07, 6.45) is 1.88. The van der Waals surface area contributed by atoms with Gasteiger partial charge >= 0.3 is 0 Å². The zero-order valence-electron chi connectivity index (χ0n) is 20.5. The molecular weight excluding hydrogens is 478 g/mol. The van der Waals surface area contributed by atoms with Crippen molar-refractivity contribution >= 4 is 17.5 Å². The Labute approximate surface area is 212 Å². The molecule has 0 bridgehead atoms. The average Bonchev–Trinajstić information content (AvgIpc) is 2.81. The van der Waals surface area contributed by atoms with Crippen LogP contribution in [0.4, 0.5) is 0 Å². The number of benzene rings is 1. The second kappa shape index (κ2) is 8.25. The number of nitrogens with two attached hydrogens (primary N) is 1. The number of carbonyl (C=O) groups excluding carboxylic acids is 3. The van der Waals surface area contributed by atoms with Crippen LogP contribution in [0.1, 0.15) is 27.9 Å². The van der Waals surface area contributed by atoms with Crippen molar-refractivity contribution in [1.82, 2.24) is 9.88 Å². The highest BCUT2D eigenvalue weighted by Crippen LogP contribution is 2.53. The van der Waals surface area contributed by atoms with E-state index in [4.69, 9.17) is 5.73 Å². The van der Waals surface area contributed by atoms with Crippen LogP contribution in [0.25, 0.3) is 11.3 Å². The largest absolute Gasteiger partial charge is 0.510 e. The Hall–Kier alpha value is -4.02. The number of aliphatic hydroxyl groups is 3. The molecule has 0 saturated carbocycles. The van der Waals surface area contributed by atoms with Crippen LogP contribution in [-0.2, 0) is 16.0 Å². The second-order valence-corrected chi connectivity index (χ2v) is 10.2. The number of phenols is 1. The van der Waals surface area contributed by atoms with Crippen LogP contribution in [0, 0.1) is 18.8 Å². The SMILES string of the molecule is Cc1ccnc(-c2ccc(O)c3c2CC2CC4C(N(C)C)C(O)=C(C(N)=O)C(=O)C4(O)C(O)=C2C3=O)c1. The van der Waals surface area contributed by atoms with Gasteiger partial charge in [0, 0.05) is 23.3 Å². The molecule has 1 aromatic carbocycles. The molecule has 37 heavy (non-hydrogen) atoms. The number of carbonyl (C=O) groups is 3. The highest BCUT2D eigenvalue weighted by molar-refractivity contribution is 6.24. The lowest BCUT2D eigenvalue weighted by Crippen LogP contribution is -2.63. The Bertz CT molecular complexity index is 1460. The number of pyridine rings is 1. The van der Waals surface area contributed by atoms with Crippen LogP contribution < -0.4 is 5.73 Å². The number of allylic oxidation sites excluding steroid dienone is 1. The molecule has 10 nitrogen and oxygen atoms in total. The number of nitrogens with zero attached hydrogens (tertiary/aromatic N) is 2. The first-order chi connectivity index (χ1) is 17.4. The number of aryl methyl sites for hydroxylation is 1. The summed E-state index contributed by atoms with van der Waals surface area (Å²) in [4.78, 5) is 45.1. The Balaban J connectivity index is 1.73. The highest BCUT2D eigenvalue weighted by Gasteiger charge is 2.63. The van der Waals surface area contributed by atoms with Crippen molar-refractivity contribution in [2.75, 3.05) is 14.1 Å². The third-order valence-electron chi connectivity index (χ3n) is 7.80. The zero-order chi connectivity index (χ0) is 27.0. The molecule has 10 heteroatoms. The fraction of sp³-hybridized carbons (Fsp3) is 0.333. The van der Waals surface area contributed by atoms with Gasteiger partial charge in [0.2, 0.25) is 5.78 Å². The number of rotatable bonds is 3. The van der Waals surface area contributed by atoms with E-state index in [1.165, 1.54) is 11.0 Å². The van der Waals surface area contributed by atoms with Crippen LogP contribution in [0.5, 0.6) is 5.75 Å². The van der Waals surface area contributed by atoms with E-state index < -0.39 is 58.0 Å². The fourth-order valence-corrected chi connectivity index (χ4v) is 6.17. The molecule has 4 unspecified atom stereocenters. The van der Waals surface area contributed by atoms with Gasteiger partial charge in [0.1, 0.15) is 22.8 Å². The third kappa shape index (κ3) is 3.32. The summed E-state index contributed by atoms with van der Waals surface area (Å²) in [5, 5.41) is 44.5. The van der Waals surface area contributed by atoms with Gasteiger partial charge in [-0.1, -0.05) is 0 Å². The molecule has 6 N–H and O–H groups in total. The smallest absolute Gasteiger partial charge is 0.255 e. The molecule has 0 fully saturated rings. The van der Waals surface area contributed by atoms with Crippen LogP contribution in [0.15, 0.2) is 53.1 Å². The molecule has 0 aliphatic heterocycles. The molecule has 0 radical (unpaired) electrons. The Kier molecular flexibility index (Phi) is 5.50. The van der Waals surface area contributed by atoms with Crippen molar-refractivity contribution in [1.29, 1.82) is 0 Å². The lowest BCUT2D eigenvalue weighted by molar-refractivity contribution is -0.148. The quantitative estimate of drug-likeness (QED) is 0.387. The third-order valence-corrected chi connectivity index (χ3v) is 7.80. The molecule has 1 amide bonds. The Morgan fingerprint density at radius 1 is 1.16 bits per heavy atom. The predicted molar refractivity (Wildman–Crippen MR) is 132 cm³/mol. The van der Waals surface area contributed by atoms with Gasteiger partial charge in [-0.3, -0.25) is 24.3 Å². The molecule has 1 aromatic heterocycles. The first kappa shape index (κ1) is 24.7. The minimum absolute atomic E-state index is 0.0299. The fourth-order valence-electron chi connectivity index (χ4n) is 6.17. The second-order valence-electron chi connectivity index (χ2n) is 10.2. The highest BCUT2D eigenvalue weighted by atomic mass is 16.3. The molecule has 192 valence electrons. The maximum atomic E-state index is 13.8. The van der Waals surface area contributed by atoms with Gasteiger partial charge < -0.3 is 26.2 Å². The van der Waals surface area contributed by atoms with Gasteiger partial charge in [0.25, 0.3) is 5.91 Å². The number of Topliss-reactive ketones (excluding diaryl/α,β-unsaturated/α-hetero) is 2. The molecule has 0 spiro atoms. The summed E-state index contributed by atoms with van der Waals surface area (Å²) in [5.41, 5.74) is 4.38. The summed E-state index contributed by atoms with van der Waals surface area (Å²) < 4.78 is 0. The molecule has 3 aliphatic rings. The van der Waals surface area contributed by atoms with E-state index in [1.807, 2.05) is 19.1 Å². The standard InChI is InChI=1S/C27H27N3O7/c1-11-6-7-29-16(8-11)13-4-5-17(31)19-14(13)9-12-10-15-21(30(2)3)23(33)20(26(28)36)25(35)27(15,37)24(34)18(12)22(19)32/h4-8,12,15,21,31,33-34,37H,9-10H2,1-3H3,(H2,28,36). The van der Waals surface area contributed by atoms with E-state index in [2.05, 4.69) is 4.98 Å². The van der Waals surface area contributed by atoms with Crippen LogP contribution in [-0.4, -0.2) is 73.5 Å². The van der Waals surface area contributed by atoms with Crippen molar-refractivity contribution in [2.45, 2.75) is 31.4 Å². The summed E-state index contributed by atoms with van der Waals surface area (Å²) in [5.74, 6) is -6.74. The average molecular weight is 506 g/mol. The van der Waals surface area contributed by atoms with E-state index in [9.17, 15) is 34.8 Å². The van der Waals surface area contributed by atoms with Gasteiger partial charge in [0.15, 0.2) is 11.4 Å². The van der Waals surface area contributed by atoms with E-state index in [0.29, 0.717) is 16.8 Å². The van der Waals surface area contributed by atoms with Gasteiger partial charge in [-0.2, -0.15) is 0 Å². The molecule has 2 aromatic rings. The van der Waals surface area contributed by atoms with Gasteiger partial charge in [0.05, 0.1) is 17.3 Å². The van der Waals surface area contributed by atoms with Gasteiger partial charge in [-0.15, -0.1) is 0 Å². The number of aromatic nitrogens is 1. The van der Waals surface area contributed by atoms with Crippen molar-refractivity contribution < 1.29 is 34.8 Å². The van der Waals surface area contributed by atoms with Crippen molar-refractivity contribution in [3.05, 3.63) is 69.8 Å². The minimum atomic E-state index is -2.66. The maximum Gasteiger partial charge on any atom is 0.255 e. The molecule has 1 heterocycles. The monoisotopic (exact) mass is 505 g/mol. The number of aliphatic hydroxyl groups excluding tert-OH is 2. The van der Waals surface area contributed by atoms with Crippen molar-refractivity contribution in [2.24, 2.45) is 17.6 Å². The predicted octanol–water partition coefficient (Wildman–Crippen LogP) is 1.49. The molecule has 5 rings (SSSR count). The topological polar surface area (TPSA) is 174 Å². The van der Waals surface area contributed by atoms with Gasteiger partial charge in [-0.05, 0) is 75.2 Å². The summed E-state index contributed by atoms with van der Waals surface area (Å²) in [6, 6.07) is 5.71. The van der Waals surface area contributed by atoms with Crippen LogP contribution in [0.3, 0.4) is 0 Å². The number of hydrogen-bond donors (Lipinski definition) is 5. The Morgan fingerprint density at radius 2 is 1.86 bits per heavy atom. The van der Waals surface area contributed by atoms with Crippen molar-refractivity contribution in [3.63, 3.8) is 0 Å². The number of amides is 1. The maximum absolute atomic E-state index is 13.8. The summed E-state index contributed by atoms with van der Waals surface area (Å²) in [7, 11) is 3.18. The van der Waals surface area contributed by atoms with Crippen LogP contribution >= 0.6 is 0 Å². The number of hydrogen-bond acceptors (Lipinski definition) is 9. The molecular formula is C27H27N3O7. The lowest BCUT2D eigenvalue weighted by Gasteiger charge is -2.50. The first-order valence-corrected chi connectivity index (χ1v) is 11.8. The van der Waals surface area contributed by atoms with Crippen LogP contribution in [0.2, 0.25) is 0 Å². The number of fused-ring (bicyclic) bond motifs is 3. The van der Waals surface area contributed by atoms with E-state index in [1.54, 1.807) is 26.4 Å². The van der Waals surface area contributed by atoms with Crippen molar-refractivity contribution in [3.8, 4) is 17.0 Å². The zero-order valence-corrected chi connectivity index (χ0v) is 20.5. The summed E-state index contributed by atoms with van der Waals surface area (Å²) in [6.45, 7) is 1.91.